The van der Waals surface area contributed by atoms with Crippen LogP contribution in [0.3, 0.4) is 0 Å². The highest BCUT2D eigenvalue weighted by atomic mass is 14.5. The summed E-state index contributed by atoms with van der Waals surface area (Å²) in [6.07, 6.45) is 0. The summed E-state index contributed by atoms with van der Waals surface area (Å²) in [5.41, 5.74) is 7.32. The second-order valence-corrected chi connectivity index (χ2v) is 2.26. The summed E-state index contributed by atoms with van der Waals surface area (Å²) in [6, 6.07) is 9.27. The van der Waals surface area contributed by atoms with E-state index in [0.717, 1.165) is 11.1 Å². The Morgan fingerprint density at radius 3 is 2.42 bits per heavy atom. The Kier molecular flexibility index (Phi) is 2.90. The molecule has 2 heteroatoms. The van der Waals surface area contributed by atoms with Crippen molar-refractivity contribution in [1.29, 1.82) is 5.26 Å². The van der Waals surface area contributed by atoms with E-state index in [2.05, 4.69) is 11.8 Å². The number of nitrogens with zero attached hydrogens (tertiary/aromatic N) is 1. The first kappa shape index (κ1) is 8.33. The molecule has 0 fully saturated rings. The number of rotatable bonds is 1. The standard InChI is InChI=1S/C10H8N2/c11-7-1-2-9-3-5-10(8-12)6-4-9/h3-6H,8,12H2. The third kappa shape index (κ3) is 2.12. The fraction of sp³-hybridized carbons (Fsp3) is 0.100. The Morgan fingerprint density at radius 1 is 1.25 bits per heavy atom. The van der Waals surface area contributed by atoms with Crippen LogP contribution in [0.15, 0.2) is 24.3 Å². The van der Waals surface area contributed by atoms with Gasteiger partial charge in [-0.25, -0.2) is 0 Å². The van der Waals surface area contributed by atoms with Gasteiger partial charge in [0.2, 0.25) is 0 Å². The van der Waals surface area contributed by atoms with Crippen molar-refractivity contribution in [2.75, 3.05) is 0 Å². The highest BCUT2D eigenvalue weighted by molar-refractivity contribution is 5.38. The summed E-state index contributed by atoms with van der Waals surface area (Å²) >= 11 is 0. The number of benzene rings is 1. The second-order valence-electron chi connectivity index (χ2n) is 2.26. The summed E-state index contributed by atoms with van der Waals surface area (Å²) in [7, 11) is 0. The van der Waals surface area contributed by atoms with Crippen molar-refractivity contribution < 1.29 is 0 Å². The van der Waals surface area contributed by atoms with Crippen LogP contribution < -0.4 is 5.73 Å². The van der Waals surface area contributed by atoms with Gasteiger partial charge in [-0.3, -0.25) is 0 Å². The van der Waals surface area contributed by atoms with Crippen molar-refractivity contribution >= 4 is 0 Å². The van der Waals surface area contributed by atoms with E-state index in [9.17, 15) is 0 Å². The summed E-state index contributed by atoms with van der Waals surface area (Å²) in [6.45, 7) is 0.534. The van der Waals surface area contributed by atoms with E-state index in [0.29, 0.717) is 6.54 Å². The lowest BCUT2D eigenvalue weighted by atomic mass is 10.1. The third-order valence-corrected chi connectivity index (χ3v) is 1.45. The van der Waals surface area contributed by atoms with Gasteiger partial charge in [-0.1, -0.05) is 18.1 Å². The lowest BCUT2D eigenvalue weighted by Crippen LogP contribution is -1.95. The Hall–Kier alpha value is -1.77. The molecule has 0 aromatic heterocycles. The van der Waals surface area contributed by atoms with E-state index in [4.69, 9.17) is 11.0 Å². The maximum Gasteiger partial charge on any atom is 0.152 e. The van der Waals surface area contributed by atoms with Gasteiger partial charge >= 0.3 is 0 Å². The average molecular weight is 156 g/mol. The molecule has 0 aliphatic heterocycles. The average Bonchev–Trinajstić information content (AvgIpc) is 2.15. The monoisotopic (exact) mass is 156 g/mol. The van der Waals surface area contributed by atoms with E-state index in [1.165, 1.54) is 0 Å². The topological polar surface area (TPSA) is 49.8 Å². The molecule has 1 aromatic carbocycles. The predicted molar refractivity (Wildman–Crippen MR) is 46.8 cm³/mol. The fourth-order valence-electron chi connectivity index (χ4n) is 0.824. The first-order chi connectivity index (χ1) is 5.86. The molecule has 58 valence electrons. The van der Waals surface area contributed by atoms with Crippen LogP contribution in [-0.2, 0) is 6.54 Å². The van der Waals surface area contributed by atoms with Crippen molar-refractivity contribution in [1.82, 2.24) is 0 Å². The molecule has 0 bridgehead atoms. The van der Waals surface area contributed by atoms with Gasteiger partial charge in [-0.05, 0) is 17.7 Å². The molecule has 0 radical (unpaired) electrons. The van der Waals surface area contributed by atoms with E-state index in [-0.39, 0.29) is 0 Å². The van der Waals surface area contributed by atoms with Crippen LogP contribution in [-0.4, -0.2) is 0 Å². The van der Waals surface area contributed by atoms with Gasteiger partial charge < -0.3 is 5.73 Å². The summed E-state index contributed by atoms with van der Waals surface area (Å²) < 4.78 is 0. The molecule has 2 nitrogen and oxygen atoms in total. The highest BCUT2D eigenvalue weighted by Gasteiger charge is 1.87. The molecule has 0 amide bonds. The van der Waals surface area contributed by atoms with Crippen LogP contribution in [0.1, 0.15) is 11.1 Å². The van der Waals surface area contributed by atoms with Gasteiger partial charge in [-0.2, -0.15) is 5.26 Å². The van der Waals surface area contributed by atoms with Gasteiger partial charge in [0.1, 0.15) is 0 Å². The molecule has 1 aromatic rings. The number of hydrogen-bond acceptors (Lipinski definition) is 2. The first-order valence-electron chi connectivity index (χ1n) is 3.56. The molecule has 0 heterocycles. The van der Waals surface area contributed by atoms with Crippen molar-refractivity contribution in [3.63, 3.8) is 0 Å². The summed E-state index contributed by atoms with van der Waals surface area (Å²) in [5.74, 6) is 5.02. The highest BCUT2D eigenvalue weighted by Crippen LogP contribution is 2.01. The van der Waals surface area contributed by atoms with E-state index in [1.54, 1.807) is 6.07 Å². The molecule has 0 atom stereocenters. The van der Waals surface area contributed by atoms with Gasteiger partial charge in [0.05, 0.1) is 0 Å². The van der Waals surface area contributed by atoms with Gasteiger partial charge in [0, 0.05) is 18.0 Å². The zero-order chi connectivity index (χ0) is 8.81. The summed E-state index contributed by atoms with van der Waals surface area (Å²) in [5, 5.41) is 8.18. The number of hydrogen-bond donors (Lipinski definition) is 1. The summed E-state index contributed by atoms with van der Waals surface area (Å²) in [4.78, 5) is 0. The molecule has 2 N–H and O–H groups in total. The van der Waals surface area contributed by atoms with Crippen molar-refractivity contribution in [3.05, 3.63) is 35.4 Å². The lowest BCUT2D eigenvalue weighted by Gasteiger charge is -1.94. The molecule has 0 spiro atoms. The van der Waals surface area contributed by atoms with Crippen LogP contribution in [0.5, 0.6) is 0 Å². The van der Waals surface area contributed by atoms with Crippen LogP contribution in [0.25, 0.3) is 0 Å². The Bertz CT molecular complexity index is 346. The minimum Gasteiger partial charge on any atom is -0.326 e. The molecule has 0 aliphatic rings. The number of nitriles is 1. The van der Waals surface area contributed by atoms with Crippen LogP contribution in [0, 0.1) is 23.2 Å². The number of nitrogens with two attached hydrogens (primary N) is 1. The van der Waals surface area contributed by atoms with Gasteiger partial charge in [0.15, 0.2) is 6.07 Å². The van der Waals surface area contributed by atoms with Gasteiger partial charge in [0.25, 0.3) is 0 Å². The zero-order valence-electron chi connectivity index (χ0n) is 6.54. The Labute approximate surface area is 71.6 Å². The minimum absolute atomic E-state index is 0.534. The first-order valence-corrected chi connectivity index (χ1v) is 3.56. The van der Waals surface area contributed by atoms with Crippen molar-refractivity contribution in [3.8, 4) is 17.9 Å². The Morgan fingerprint density at radius 2 is 1.92 bits per heavy atom. The van der Waals surface area contributed by atoms with Crippen molar-refractivity contribution in [2.24, 2.45) is 5.73 Å². The third-order valence-electron chi connectivity index (χ3n) is 1.45. The molecular weight excluding hydrogens is 148 g/mol. The largest absolute Gasteiger partial charge is 0.326 e. The smallest absolute Gasteiger partial charge is 0.152 e. The molecule has 1 rings (SSSR count). The van der Waals surface area contributed by atoms with Crippen LogP contribution >= 0.6 is 0 Å². The molecule has 0 saturated heterocycles. The van der Waals surface area contributed by atoms with E-state index >= 15 is 0 Å². The lowest BCUT2D eigenvalue weighted by molar-refractivity contribution is 1.07. The molecule has 0 unspecified atom stereocenters. The minimum atomic E-state index is 0.534. The predicted octanol–water partition coefficient (Wildman–Crippen LogP) is 1.02. The molecule has 0 aliphatic carbocycles. The van der Waals surface area contributed by atoms with Crippen LogP contribution in [0.4, 0.5) is 0 Å². The SMILES string of the molecule is N#CC#Cc1ccc(CN)cc1. The fourth-order valence-corrected chi connectivity index (χ4v) is 0.824. The Balaban J connectivity index is 2.87. The zero-order valence-corrected chi connectivity index (χ0v) is 6.54. The molecule has 0 saturated carbocycles. The van der Waals surface area contributed by atoms with E-state index in [1.807, 2.05) is 24.3 Å². The van der Waals surface area contributed by atoms with Crippen molar-refractivity contribution in [2.45, 2.75) is 6.54 Å². The molecular formula is C10H8N2. The quantitative estimate of drug-likeness (QED) is 0.617. The normalized spacial score (nSPS) is 8.00. The van der Waals surface area contributed by atoms with Gasteiger partial charge in [-0.15, -0.1) is 0 Å². The maximum absolute atomic E-state index is 8.18. The van der Waals surface area contributed by atoms with E-state index < -0.39 is 0 Å². The molecule has 12 heavy (non-hydrogen) atoms. The maximum atomic E-state index is 8.18. The van der Waals surface area contributed by atoms with Crippen LogP contribution in [0.2, 0.25) is 0 Å². The second kappa shape index (κ2) is 4.18.